The molecule has 2 amide bonds. The summed E-state index contributed by atoms with van der Waals surface area (Å²) in [5.74, 6) is 0.498. The lowest BCUT2D eigenvalue weighted by atomic mass is 10.1. The summed E-state index contributed by atoms with van der Waals surface area (Å²) >= 11 is 0. The second-order valence-electron chi connectivity index (χ2n) is 8.30. The third kappa shape index (κ3) is 7.50. The quantitative estimate of drug-likeness (QED) is 0.351. The normalized spacial score (nSPS) is 11.5. The molecule has 3 rings (SSSR count). The van der Waals surface area contributed by atoms with Gasteiger partial charge >= 0.3 is 0 Å². The Balaban J connectivity index is 1.48. The van der Waals surface area contributed by atoms with Crippen LogP contribution in [-0.4, -0.2) is 36.9 Å². The van der Waals surface area contributed by atoms with Gasteiger partial charge in [0, 0.05) is 24.2 Å². The van der Waals surface area contributed by atoms with Gasteiger partial charge in [0.1, 0.15) is 12.4 Å². The molecule has 184 valence electrons. The van der Waals surface area contributed by atoms with E-state index in [2.05, 4.69) is 21.6 Å². The van der Waals surface area contributed by atoms with Gasteiger partial charge in [-0.25, -0.2) is 0 Å². The maximum absolute atomic E-state index is 12.6. The van der Waals surface area contributed by atoms with Crippen molar-refractivity contribution in [3.8, 4) is 11.8 Å². The van der Waals surface area contributed by atoms with Gasteiger partial charge in [0.15, 0.2) is 0 Å². The van der Waals surface area contributed by atoms with Crippen LogP contribution in [0.5, 0.6) is 5.75 Å². The molecule has 1 atom stereocenters. The summed E-state index contributed by atoms with van der Waals surface area (Å²) in [7, 11) is 1.77. The van der Waals surface area contributed by atoms with Crippen molar-refractivity contribution in [2.24, 2.45) is 16.1 Å². The highest BCUT2D eigenvalue weighted by Crippen LogP contribution is 2.21. The SMILES string of the molecule is CC[C@@H](C)C(=O)N(C)CCOc1ccc(C(=O)Nc2ccc(/N=N/c3ccc(C#N)cc3)cc2)cc1. The number of nitriles is 1. The average molecular weight is 484 g/mol. The molecule has 0 heterocycles. The van der Waals surface area contributed by atoms with Crippen LogP contribution in [0.3, 0.4) is 0 Å². The lowest BCUT2D eigenvalue weighted by molar-refractivity contribution is -0.134. The largest absolute Gasteiger partial charge is 0.492 e. The van der Waals surface area contributed by atoms with E-state index in [4.69, 9.17) is 10.00 Å². The summed E-state index contributed by atoms with van der Waals surface area (Å²) in [6.07, 6.45) is 0.808. The van der Waals surface area contributed by atoms with Gasteiger partial charge in [-0.2, -0.15) is 15.5 Å². The van der Waals surface area contributed by atoms with Crippen molar-refractivity contribution in [2.45, 2.75) is 20.3 Å². The molecule has 8 nitrogen and oxygen atoms in total. The van der Waals surface area contributed by atoms with E-state index in [1.54, 1.807) is 84.7 Å². The van der Waals surface area contributed by atoms with Crippen molar-refractivity contribution in [1.82, 2.24) is 4.90 Å². The van der Waals surface area contributed by atoms with Crippen molar-refractivity contribution in [3.63, 3.8) is 0 Å². The first-order valence-electron chi connectivity index (χ1n) is 11.7. The van der Waals surface area contributed by atoms with E-state index in [1.165, 1.54) is 0 Å². The molecule has 0 aromatic heterocycles. The fourth-order valence-electron chi connectivity index (χ4n) is 3.20. The number of anilines is 1. The topological polar surface area (TPSA) is 107 Å². The number of carbonyl (C=O) groups is 2. The maximum Gasteiger partial charge on any atom is 0.255 e. The number of amides is 2. The highest BCUT2D eigenvalue weighted by Gasteiger charge is 2.15. The zero-order valence-corrected chi connectivity index (χ0v) is 20.6. The van der Waals surface area contributed by atoms with Gasteiger partial charge in [-0.15, -0.1) is 0 Å². The zero-order chi connectivity index (χ0) is 25.9. The fourth-order valence-corrected chi connectivity index (χ4v) is 3.20. The monoisotopic (exact) mass is 483 g/mol. The van der Waals surface area contributed by atoms with Crippen molar-refractivity contribution < 1.29 is 14.3 Å². The molecular weight excluding hydrogens is 454 g/mol. The summed E-state index contributed by atoms with van der Waals surface area (Å²) in [5, 5.41) is 20.0. The number of hydrogen-bond donors (Lipinski definition) is 1. The second kappa shape index (κ2) is 12.8. The van der Waals surface area contributed by atoms with Crippen molar-refractivity contribution in [2.75, 3.05) is 25.5 Å². The lowest BCUT2D eigenvalue weighted by Crippen LogP contribution is -2.34. The van der Waals surface area contributed by atoms with Gasteiger partial charge in [0.05, 0.1) is 29.6 Å². The minimum atomic E-state index is -0.243. The molecular formula is C28H29N5O3. The van der Waals surface area contributed by atoms with Crippen molar-refractivity contribution in [1.29, 1.82) is 5.26 Å². The molecule has 3 aromatic rings. The van der Waals surface area contributed by atoms with E-state index >= 15 is 0 Å². The van der Waals surface area contributed by atoms with Crippen LogP contribution in [0.1, 0.15) is 36.2 Å². The number of rotatable bonds is 10. The Morgan fingerprint density at radius 2 is 1.56 bits per heavy atom. The molecule has 0 aliphatic carbocycles. The van der Waals surface area contributed by atoms with Crippen LogP contribution in [0.25, 0.3) is 0 Å². The molecule has 0 saturated heterocycles. The minimum Gasteiger partial charge on any atom is -0.492 e. The summed E-state index contributed by atoms with van der Waals surface area (Å²) in [6.45, 7) is 4.78. The number of likely N-dealkylation sites (N-methyl/N-ethyl adjacent to an activating group) is 1. The Hall–Kier alpha value is -4.51. The minimum absolute atomic E-state index is 0.00212. The molecule has 8 heteroatoms. The molecule has 0 aliphatic rings. The van der Waals surface area contributed by atoms with Crippen LogP contribution in [-0.2, 0) is 4.79 Å². The van der Waals surface area contributed by atoms with E-state index in [1.807, 2.05) is 13.8 Å². The molecule has 0 unspecified atom stereocenters. The third-order valence-electron chi connectivity index (χ3n) is 5.62. The lowest BCUT2D eigenvalue weighted by Gasteiger charge is -2.20. The van der Waals surface area contributed by atoms with Gasteiger partial charge < -0.3 is 15.0 Å². The first-order chi connectivity index (χ1) is 17.4. The molecule has 0 saturated carbocycles. The van der Waals surface area contributed by atoms with Crippen molar-refractivity contribution in [3.05, 3.63) is 83.9 Å². The van der Waals surface area contributed by atoms with Gasteiger partial charge in [-0.1, -0.05) is 13.8 Å². The molecule has 0 bridgehead atoms. The highest BCUT2D eigenvalue weighted by molar-refractivity contribution is 6.04. The number of carbonyl (C=O) groups excluding carboxylic acids is 2. The van der Waals surface area contributed by atoms with Gasteiger partial charge in [0.25, 0.3) is 5.91 Å². The van der Waals surface area contributed by atoms with Crippen LogP contribution in [0.4, 0.5) is 17.1 Å². The zero-order valence-electron chi connectivity index (χ0n) is 20.6. The number of nitrogens with one attached hydrogen (secondary N) is 1. The van der Waals surface area contributed by atoms with E-state index in [0.29, 0.717) is 47.1 Å². The molecule has 0 radical (unpaired) electrons. The van der Waals surface area contributed by atoms with Crippen molar-refractivity contribution >= 4 is 28.9 Å². The van der Waals surface area contributed by atoms with E-state index in [-0.39, 0.29) is 17.7 Å². The highest BCUT2D eigenvalue weighted by atomic mass is 16.5. The second-order valence-corrected chi connectivity index (χ2v) is 8.30. The number of hydrogen-bond acceptors (Lipinski definition) is 6. The Labute approximate surface area is 211 Å². The molecule has 0 aliphatic heterocycles. The van der Waals surface area contributed by atoms with Crippen LogP contribution in [0.2, 0.25) is 0 Å². The average Bonchev–Trinajstić information content (AvgIpc) is 2.92. The first kappa shape index (κ1) is 26.1. The van der Waals surface area contributed by atoms with Gasteiger partial charge in [-0.05, 0) is 79.2 Å². The Morgan fingerprint density at radius 3 is 2.11 bits per heavy atom. The summed E-state index contributed by atoms with van der Waals surface area (Å²) in [4.78, 5) is 26.4. The predicted octanol–water partition coefficient (Wildman–Crippen LogP) is 6.11. The fraction of sp³-hybridized carbons (Fsp3) is 0.250. The molecule has 1 N–H and O–H groups in total. The number of ether oxygens (including phenoxy) is 1. The third-order valence-corrected chi connectivity index (χ3v) is 5.62. The van der Waals surface area contributed by atoms with E-state index in [0.717, 1.165) is 6.42 Å². The first-order valence-corrected chi connectivity index (χ1v) is 11.7. The summed E-state index contributed by atoms with van der Waals surface area (Å²) in [6, 6.07) is 22.7. The summed E-state index contributed by atoms with van der Waals surface area (Å²) in [5.41, 5.74) is 2.97. The molecule has 0 fully saturated rings. The summed E-state index contributed by atoms with van der Waals surface area (Å²) < 4.78 is 5.71. The molecule has 36 heavy (non-hydrogen) atoms. The number of benzene rings is 3. The van der Waals surface area contributed by atoms with Crippen LogP contribution < -0.4 is 10.1 Å². The standard InChI is InChI=1S/C28H29N5O3/c1-4-20(2)28(35)33(3)17-18-36-26-15-7-22(8-16-26)27(34)30-23-11-13-25(14-12-23)32-31-24-9-5-21(19-29)6-10-24/h5-16,20H,4,17-18H2,1-3H3,(H,30,34)/b32-31+/t20-/m1/s1. The van der Waals surface area contributed by atoms with E-state index in [9.17, 15) is 9.59 Å². The predicted molar refractivity (Wildman–Crippen MR) is 139 cm³/mol. The smallest absolute Gasteiger partial charge is 0.255 e. The molecule has 0 spiro atoms. The van der Waals surface area contributed by atoms with Gasteiger partial charge in [-0.3, -0.25) is 9.59 Å². The number of azo groups is 1. The Bertz CT molecular complexity index is 1230. The maximum atomic E-state index is 12.6. The Kier molecular flexibility index (Phi) is 9.29. The van der Waals surface area contributed by atoms with Gasteiger partial charge in [0.2, 0.25) is 5.91 Å². The van der Waals surface area contributed by atoms with Crippen LogP contribution in [0, 0.1) is 17.2 Å². The van der Waals surface area contributed by atoms with Crippen LogP contribution >= 0.6 is 0 Å². The number of nitrogens with zero attached hydrogens (tertiary/aromatic N) is 4. The Morgan fingerprint density at radius 1 is 0.972 bits per heavy atom. The molecule has 3 aromatic carbocycles. The van der Waals surface area contributed by atoms with Crippen LogP contribution in [0.15, 0.2) is 83.0 Å². The van der Waals surface area contributed by atoms with E-state index < -0.39 is 0 Å².